The number of fused-ring (bicyclic) bond motifs is 1. The van der Waals surface area contributed by atoms with E-state index in [2.05, 4.69) is 15.4 Å². The molecule has 7 heteroatoms. The van der Waals surface area contributed by atoms with Crippen LogP contribution in [0.1, 0.15) is 29.6 Å². The van der Waals surface area contributed by atoms with E-state index < -0.39 is 5.97 Å². The van der Waals surface area contributed by atoms with E-state index in [9.17, 15) is 9.59 Å². The average Bonchev–Trinajstić information content (AvgIpc) is 2.93. The fourth-order valence-corrected chi connectivity index (χ4v) is 2.82. The summed E-state index contributed by atoms with van der Waals surface area (Å²) in [6.45, 7) is 1.17. The smallest absolute Gasteiger partial charge is 0.303 e. The number of carbonyl (C=O) groups is 2. The summed E-state index contributed by atoms with van der Waals surface area (Å²) in [6, 6.07) is 5.20. The molecule has 2 heterocycles. The molecule has 1 fully saturated rings. The van der Waals surface area contributed by atoms with Crippen LogP contribution in [-0.4, -0.2) is 50.4 Å². The highest BCUT2D eigenvalue weighted by molar-refractivity contribution is 5.97. The standard InChI is InChI=1S/C14H16N4O3/c19-13(20)6-9-2-1-5-18(8-9)14(21)10-3-4-11-12(7-10)16-17-15-11/h3-4,7,9H,1-2,5-6,8H2,(H,19,20)(H,15,16,17). The van der Waals surface area contributed by atoms with Crippen molar-refractivity contribution in [3.63, 3.8) is 0 Å². The molecule has 1 unspecified atom stereocenters. The monoisotopic (exact) mass is 288 g/mol. The minimum Gasteiger partial charge on any atom is -0.481 e. The van der Waals surface area contributed by atoms with Gasteiger partial charge in [0, 0.05) is 25.1 Å². The minimum atomic E-state index is -0.807. The highest BCUT2D eigenvalue weighted by Gasteiger charge is 2.26. The minimum absolute atomic E-state index is 0.0379. The van der Waals surface area contributed by atoms with E-state index in [1.807, 2.05) is 0 Å². The van der Waals surface area contributed by atoms with Gasteiger partial charge in [0.15, 0.2) is 0 Å². The topological polar surface area (TPSA) is 99.2 Å². The van der Waals surface area contributed by atoms with E-state index in [4.69, 9.17) is 5.11 Å². The quantitative estimate of drug-likeness (QED) is 0.886. The first-order valence-corrected chi connectivity index (χ1v) is 6.95. The van der Waals surface area contributed by atoms with Crippen LogP contribution in [0.2, 0.25) is 0 Å². The third-order valence-corrected chi connectivity index (χ3v) is 3.83. The van der Waals surface area contributed by atoms with Crippen LogP contribution in [0.25, 0.3) is 11.0 Å². The molecule has 1 aromatic heterocycles. The number of rotatable bonds is 3. The van der Waals surface area contributed by atoms with Crippen molar-refractivity contribution in [2.45, 2.75) is 19.3 Å². The van der Waals surface area contributed by atoms with Crippen molar-refractivity contribution >= 4 is 22.9 Å². The Hall–Kier alpha value is -2.44. The van der Waals surface area contributed by atoms with Crippen LogP contribution < -0.4 is 0 Å². The lowest BCUT2D eigenvalue weighted by molar-refractivity contribution is -0.138. The summed E-state index contributed by atoms with van der Waals surface area (Å²) in [7, 11) is 0. The second kappa shape index (κ2) is 5.51. The predicted molar refractivity (Wildman–Crippen MR) is 74.8 cm³/mol. The number of piperidine rings is 1. The van der Waals surface area contributed by atoms with Crippen molar-refractivity contribution in [2.75, 3.05) is 13.1 Å². The molecule has 1 amide bonds. The third kappa shape index (κ3) is 2.86. The van der Waals surface area contributed by atoms with E-state index in [0.717, 1.165) is 12.8 Å². The molecule has 2 aromatic rings. The predicted octanol–water partition coefficient (Wildman–Crippen LogP) is 1.28. The number of aromatic nitrogens is 3. The molecule has 0 aliphatic carbocycles. The number of hydrogen-bond acceptors (Lipinski definition) is 4. The Morgan fingerprint density at radius 1 is 1.33 bits per heavy atom. The molecule has 0 saturated carbocycles. The lowest BCUT2D eigenvalue weighted by atomic mass is 9.94. The number of carbonyl (C=O) groups excluding carboxylic acids is 1. The Balaban J connectivity index is 1.75. The van der Waals surface area contributed by atoms with Gasteiger partial charge in [-0.05, 0) is 37.0 Å². The van der Waals surface area contributed by atoms with E-state index in [1.54, 1.807) is 23.1 Å². The largest absolute Gasteiger partial charge is 0.481 e. The van der Waals surface area contributed by atoms with E-state index in [0.29, 0.717) is 29.7 Å². The number of nitrogens with zero attached hydrogens (tertiary/aromatic N) is 3. The van der Waals surface area contributed by atoms with Crippen molar-refractivity contribution in [1.29, 1.82) is 0 Å². The number of hydrogen-bond donors (Lipinski definition) is 2. The fourth-order valence-electron chi connectivity index (χ4n) is 2.82. The van der Waals surface area contributed by atoms with Crippen molar-refractivity contribution in [2.24, 2.45) is 5.92 Å². The number of amides is 1. The zero-order valence-electron chi connectivity index (χ0n) is 11.5. The molecule has 7 nitrogen and oxygen atoms in total. The molecule has 110 valence electrons. The molecule has 0 spiro atoms. The Morgan fingerprint density at radius 2 is 2.14 bits per heavy atom. The molecular formula is C14H16N4O3. The Labute approximate surface area is 120 Å². The summed E-state index contributed by atoms with van der Waals surface area (Å²) in [6.07, 6.45) is 1.82. The van der Waals surface area contributed by atoms with Gasteiger partial charge in [0.1, 0.15) is 11.0 Å². The van der Waals surface area contributed by atoms with Crippen LogP contribution in [0.15, 0.2) is 18.2 Å². The molecular weight excluding hydrogens is 272 g/mol. The van der Waals surface area contributed by atoms with Crippen LogP contribution in [0, 0.1) is 5.92 Å². The number of benzene rings is 1. The van der Waals surface area contributed by atoms with Crippen molar-refractivity contribution in [3.8, 4) is 0 Å². The number of H-pyrrole nitrogens is 1. The average molecular weight is 288 g/mol. The Kier molecular flexibility index (Phi) is 3.55. The molecule has 1 aliphatic rings. The summed E-state index contributed by atoms with van der Waals surface area (Å²) in [5, 5.41) is 19.3. The first kappa shape index (κ1) is 13.5. The van der Waals surface area contributed by atoms with Crippen molar-refractivity contribution in [1.82, 2.24) is 20.3 Å². The van der Waals surface area contributed by atoms with Crippen LogP contribution >= 0.6 is 0 Å². The number of likely N-dealkylation sites (tertiary alicyclic amines) is 1. The van der Waals surface area contributed by atoms with Gasteiger partial charge in [0.2, 0.25) is 0 Å². The second-order valence-corrected chi connectivity index (χ2v) is 5.38. The van der Waals surface area contributed by atoms with Gasteiger partial charge in [-0.15, -0.1) is 0 Å². The number of carboxylic acids is 1. The Bertz CT molecular complexity index is 682. The van der Waals surface area contributed by atoms with Gasteiger partial charge in [0.05, 0.1) is 0 Å². The number of aromatic amines is 1. The molecule has 3 rings (SSSR count). The summed E-state index contributed by atoms with van der Waals surface area (Å²) in [5.74, 6) is -0.843. The lowest BCUT2D eigenvalue weighted by Crippen LogP contribution is -2.40. The van der Waals surface area contributed by atoms with Crippen LogP contribution in [0.5, 0.6) is 0 Å². The lowest BCUT2D eigenvalue weighted by Gasteiger charge is -2.32. The second-order valence-electron chi connectivity index (χ2n) is 5.38. The van der Waals surface area contributed by atoms with Gasteiger partial charge in [-0.3, -0.25) is 9.59 Å². The van der Waals surface area contributed by atoms with Crippen molar-refractivity contribution < 1.29 is 14.7 Å². The third-order valence-electron chi connectivity index (χ3n) is 3.83. The zero-order chi connectivity index (χ0) is 14.8. The maximum Gasteiger partial charge on any atom is 0.303 e. The molecule has 1 aliphatic heterocycles. The maximum atomic E-state index is 12.5. The first-order chi connectivity index (χ1) is 10.1. The molecule has 1 saturated heterocycles. The van der Waals surface area contributed by atoms with Gasteiger partial charge < -0.3 is 10.0 Å². The summed E-state index contributed by atoms with van der Waals surface area (Å²) < 4.78 is 0. The fraction of sp³-hybridized carbons (Fsp3) is 0.429. The van der Waals surface area contributed by atoms with Gasteiger partial charge in [-0.2, -0.15) is 15.4 Å². The normalized spacial score (nSPS) is 18.9. The van der Waals surface area contributed by atoms with Crippen LogP contribution in [0.3, 0.4) is 0 Å². The Morgan fingerprint density at radius 3 is 2.95 bits per heavy atom. The number of aliphatic carboxylic acids is 1. The summed E-state index contributed by atoms with van der Waals surface area (Å²) >= 11 is 0. The van der Waals surface area contributed by atoms with Crippen LogP contribution in [-0.2, 0) is 4.79 Å². The summed E-state index contributed by atoms with van der Waals surface area (Å²) in [4.78, 5) is 25.1. The van der Waals surface area contributed by atoms with Gasteiger partial charge >= 0.3 is 5.97 Å². The maximum absolute atomic E-state index is 12.5. The van der Waals surface area contributed by atoms with E-state index in [1.165, 1.54) is 0 Å². The van der Waals surface area contributed by atoms with Crippen molar-refractivity contribution in [3.05, 3.63) is 23.8 Å². The molecule has 0 bridgehead atoms. The molecule has 0 radical (unpaired) electrons. The van der Waals surface area contributed by atoms with Crippen LogP contribution in [0.4, 0.5) is 0 Å². The SMILES string of the molecule is O=C(O)CC1CCCN(C(=O)c2ccc3n[nH]nc3c2)C1. The molecule has 1 aromatic carbocycles. The first-order valence-electron chi connectivity index (χ1n) is 6.95. The van der Waals surface area contributed by atoms with Gasteiger partial charge in [-0.25, -0.2) is 0 Å². The zero-order valence-corrected chi connectivity index (χ0v) is 11.5. The number of carboxylic acid groups (broad SMARTS) is 1. The molecule has 1 atom stereocenters. The highest BCUT2D eigenvalue weighted by atomic mass is 16.4. The summed E-state index contributed by atoms with van der Waals surface area (Å²) in [5.41, 5.74) is 1.93. The van der Waals surface area contributed by atoms with E-state index in [-0.39, 0.29) is 18.2 Å². The number of nitrogens with one attached hydrogen (secondary N) is 1. The van der Waals surface area contributed by atoms with Gasteiger partial charge in [-0.1, -0.05) is 0 Å². The molecule has 21 heavy (non-hydrogen) atoms. The highest BCUT2D eigenvalue weighted by Crippen LogP contribution is 2.22. The van der Waals surface area contributed by atoms with E-state index >= 15 is 0 Å². The molecule has 2 N–H and O–H groups in total. The van der Waals surface area contributed by atoms with Gasteiger partial charge in [0.25, 0.3) is 5.91 Å².